The number of pyridine rings is 1. The van der Waals surface area contributed by atoms with Gasteiger partial charge in [0.1, 0.15) is 11.5 Å². The van der Waals surface area contributed by atoms with Crippen molar-refractivity contribution < 1.29 is 9.53 Å². The number of hydrogen-bond donors (Lipinski definition) is 1. The van der Waals surface area contributed by atoms with E-state index in [9.17, 15) is 4.79 Å². The van der Waals surface area contributed by atoms with Gasteiger partial charge in [0, 0.05) is 24.5 Å². The maximum atomic E-state index is 12.5. The number of carbonyl (C=O) groups is 1. The van der Waals surface area contributed by atoms with Crippen LogP contribution in [-0.4, -0.2) is 30.1 Å². The number of aromatic nitrogens is 1. The maximum absolute atomic E-state index is 12.5. The Balaban J connectivity index is 1.86. The Morgan fingerprint density at radius 2 is 1.90 bits per heavy atom. The number of rotatable bonds is 4. The number of Topliss-reactive ketones (excluding diaryl/α,β-unsaturated/α-hetero) is 1. The molecule has 3 rings (SSSR count). The molecule has 1 N–H and O–H groups in total. The third-order valence-corrected chi connectivity index (χ3v) is 3.52. The SMILES string of the molecule is COc1ccc(C2CNN=C2C(=O)c2ccncc2)cc1. The van der Waals surface area contributed by atoms with E-state index in [1.54, 1.807) is 31.6 Å². The van der Waals surface area contributed by atoms with Crippen molar-refractivity contribution in [2.45, 2.75) is 5.92 Å². The summed E-state index contributed by atoms with van der Waals surface area (Å²) in [7, 11) is 1.63. The molecule has 1 aliphatic heterocycles. The molecule has 0 radical (unpaired) electrons. The van der Waals surface area contributed by atoms with Gasteiger partial charge in [-0.05, 0) is 29.8 Å². The van der Waals surface area contributed by atoms with Crippen molar-refractivity contribution in [3.63, 3.8) is 0 Å². The molecule has 0 aliphatic carbocycles. The van der Waals surface area contributed by atoms with Crippen molar-refractivity contribution in [1.29, 1.82) is 0 Å². The van der Waals surface area contributed by atoms with E-state index < -0.39 is 0 Å². The first-order valence-corrected chi connectivity index (χ1v) is 6.68. The number of benzene rings is 1. The molecule has 5 heteroatoms. The summed E-state index contributed by atoms with van der Waals surface area (Å²) < 4.78 is 5.16. The number of methoxy groups -OCH3 is 1. The van der Waals surface area contributed by atoms with Gasteiger partial charge < -0.3 is 10.2 Å². The summed E-state index contributed by atoms with van der Waals surface area (Å²) >= 11 is 0. The lowest BCUT2D eigenvalue weighted by Crippen LogP contribution is -2.21. The second-order valence-corrected chi connectivity index (χ2v) is 4.75. The number of nitrogens with zero attached hydrogens (tertiary/aromatic N) is 2. The standard InChI is InChI=1S/C16H15N3O2/c1-21-13-4-2-11(3-5-13)14-10-18-19-15(14)16(20)12-6-8-17-9-7-12/h2-9,14,18H,10H2,1H3. The van der Waals surface area contributed by atoms with E-state index in [0.717, 1.165) is 11.3 Å². The van der Waals surface area contributed by atoms with Crippen molar-refractivity contribution in [1.82, 2.24) is 10.4 Å². The highest BCUT2D eigenvalue weighted by Gasteiger charge is 2.29. The minimum Gasteiger partial charge on any atom is -0.497 e. The number of hydrogen-bond acceptors (Lipinski definition) is 5. The van der Waals surface area contributed by atoms with Gasteiger partial charge in [-0.15, -0.1) is 0 Å². The molecule has 21 heavy (non-hydrogen) atoms. The molecule has 2 heterocycles. The van der Waals surface area contributed by atoms with Gasteiger partial charge >= 0.3 is 0 Å². The fraction of sp³-hybridized carbons (Fsp3) is 0.188. The largest absolute Gasteiger partial charge is 0.497 e. The van der Waals surface area contributed by atoms with Crippen LogP contribution in [-0.2, 0) is 0 Å². The second-order valence-electron chi connectivity index (χ2n) is 4.75. The van der Waals surface area contributed by atoms with Crippen LogP contribution >= 0.6 is 0 Å². The highest BCUT2D eigenvalue weighted by molar-refractivity contribution is 6.48. The zero-order valence-corrected chi connectivity index (χ0v) is 11.6. The third-order valence-electron chi connectivity index (χ3n) is 3.52. The third kappa shape index (κ3) is 2.63. The Morgan fingerprint density at radius 3 is 2.57 bits per heavy atom. The molecule has 1 aromatic carbocycles. The molecule has 0 bridgehead atoms. The van der Waals surface area contributed by atoms with E-state index in [0.29, 0.717) is 17.8 Å². The monoisotopic (exact) mass is 281 g/mol. The van der Waals surface area contributed by atoms with Gasteiger partial charge in [-0.1, -0.05) is 12.1 Å². The molecular formula is C16H15N3O2. The van der Waals surface area contributed by atoms with Gasteiger partial charge in [-0.3, -0.25) is 9.78 Å². The Hall–Kier alpha value is -2.69. The van der Waals surface area contributed by atoms with Crippen molar-refractivity contribution in [2.75, 3.05) is 13.7 Å². The minimum absolute atomic E-state index is 0.0448. The lowest BCUT2D eigenvalue weighted by Gasteiger charge is -2.12. The summed E-state index contributed by atoms with van der Waals surface area (Å²) in [4.78, 5) is 16.5. The van der Waals surface area contributed by atoms with Gasteiger partial charge in [0.15, 0.2) is 0 Å². The Morgan fingerprint density at radius 1 is 1.19 bits per heavy atom. The molecule has 106 valence electrons. The first-order chi connectivity index (χ1) is 10.3. The maximum Gasteiger partial charge on any atom is 0.209 e. The summed E-state index contributed by atoms with van der Waals surface area (Å²) in [5.41, 5.74) is 5.10. The molecule has 0 saturated carbocycles. The number of hydrazone groups is 1. The van der Waals surface area contributed by atoms with E-state index in [-0.39, 0.29) is 11.7 Å². The quantitative estimate of drug-likeness (QED) is 0.871. The molecule has 0 spiro atoms. The Labute approximate surface area is 122 Å². The molecule has 1 aromatic heterocycles. The first kappa shape index (κ1) is 13.3. The van der Waals surface area contributed by atoms with E-state index in [1.165, 1.54) is 0 Å². The van der Waals surface area contributed by atoms with Crippen LogP contribution in [0.1, 0.15) is 21.8 Å². The Bertz CT molecular complexity index is 666. The van der Waals surface area contributed by atoms with E-state index in [1.807, 2.05) is 24.3 Å². The summed E-state index contributed by atoms with van der Waals surface area (Å²) in [6.45, 7) is 0.623. The molecule has 0 fully saturated rings. The fourth-order valence-electron chi connectivity index (χ4n) is 2.37. The molecule has 1 aliphatic rings. The molecule has 5 nitrogen and oxygen atoms in total. The summed E-state index contributed by atoms with van der Waals surface area (Å²) in [6, 6.07) is 11.1. The van der Waals surface area contributed by atoms with Gasteiger partial charge in [0.25, 0.3) is 0 Å². The minimum atomic E-state index is -0.0665. The summed E-state index contributed by atoms with van der Waals surface area (Å²) in [5.74, 6) is 0.684. The fourth-order valence-corrected chi connectivity index (χ4v) is 2.37. The summed E-state index contributed by atoms with van der Waals surface area (Å²) in [5, 5.41) is 4.18. The van der Waals surface area contributed by atoms with Crippen LogP contribution in [0.15, 0.2) is 53.9 Å². The predicted octanol–water partition coefficient (Wildman–Crippen LogP) is 2.02. The number of ether oxygens (including phenoxy) is 1. The zero-order valence-electron chi connectivity index (χ0n) is 11.6. The predicted molar refractivity (Wildman–Crippen MR) is 79.7 cm³/mol. The second kappa shape index (κ2) is 5.75. The highest BCUT2D eigenvalue weighted by atomic mass is 16.5. The number of ketones is 1. The van der Waals surface area contributed by atoms with Crippen LogP contribution in [0.25, 0.3) is 0 Å². The topological polar surface area (TPSA) is 63.6 Å². The van der Waals surface area contributed by atoms with Gasteiger partial charge in [-0.2, -0.15) is 5.10 Å². The molecule has 2 aromatic rings. The molecule has 0 amide bonds. The molecule has 1 unspecified atom stereocenters. The van der Waals surface area contributed by atoms with E-state index in [2.05, 4.69) is 15.5 Å². The van der Waals surface area contributed by atoms with E-state index >= 15 is 0 Å². The first-order valence-electron chi connectivity index (χ1n) is 6.68. The van der Waals surface area contributed by atoms with Crippen molar-refractivity contribution in [3.05, 3.63) is 59.9 Å². The average molecular weight is 281 g/mol. The van der Waals surface area contributed by atoms with Crippen molar-refractivity contribution >= 4 is 11.5 Å². The van der Waals surface area contributed by atoms with Gasteiger partial charge in [-0.25, -0.2) is 0 Å². The highest BCUT2D eigenvalue weighted by Crippen LogP contribution is 2.24. The molecule has 0 saturated heterocycles. The Kier molecular flexibility index (Phi) is 3.64. The van der Waals surface area contributed by atoms with Crippen molar-refractivity contribution in [2.24, 2.45) is 5.10 Å². The molecule has 1 atom stereocenters. The smallest absolute Gasteiger partial charge is 0.209 e. The van der Waals surface area contributed by atoms with Crippen LogP contribution in [0.4, 0.5) is 0 Å². The van der Waals surface area contributed by atoms with Crippen LogP contribution in [0.5, 0.6) is 5.75 Å². The lowest BCUT2D eigenvalue weighted by atomic mass is 9.90. The zero-order chi connectivity index (χ0) is 14.7. The lowest BCUT2D eigenvalue weighted by molar-refractivity contribution is 0.106. The molecular weight excluding hydrogens is 266 g/mol. The van der Waals surface area contributed by atoms with Gasteiger partial charge in [0.05, 0.1) is 13.0 Å². The van der Waals surface area contributed by atoms with Gasteiger partial charge in [0.2, 0.25) is 5.78 Å². The van der Waals surface area contributed by atoms with Crippen LogP contribution in [0.3, 0.4) is 0 Å². The van der Waals surface area contributed by atoms with Crippen molar-refractivity contribution in [3.8, 4) is 5.75 Å². The van der Waals surface area contributed by atoms with Crippen LogP contribution in [0.2, 0.25) is 0 Å². The van der Waals surface area contributed by atoms with Crippen LogP contribution < -0.4 is 10.2 Å². The van der Waals surface area contributed by atoms with Crippen LogP contribution in [0, 0.1) is 0 Å². The average Bonchev–Trinajstić information content (AvgIpc) is 3.04. The number of nitrogens with one attached hydrogen (secondary N) is 1. The van der Waals surface area contributed by atoms with E-state index in [4.69, 9.17) is 4.74 Å². The number of carbonyl (C=O) groups excluding carboxylic acids is 1. The normalized spacial score (nSPS) is 17.0. The summed E-state index contributed by atoms with van der Waals surface area (Å²) in [6.07, 6.45) is 3.22.